The van der Waals surface area contributed by atoms with Crippen LogP contribution in [-0.2, 0) is 4.79 Å². The Hall–Kier alpha value is -3.36. The van der Waals surface area contributed by atoms with E-state index in [9.17, 15) is 14.9 Å². The van der Waals surface area contributed by atoms with E-state index in [1.807, 2.05) is 49.4 Å². The summed E-state index contributed by atoms with van der Waals surface area (Å²) in [5, 5.41) is 16.9. The number of para-hydroxylation sites is 1. The first-order valence-corrected chi connectivity index (χ1v) is 8.94. The lowest BCUT2D eigenvalue weighted by atomic mass is 9.92. The molecular formula is C20H19N5O3. The van der Waals surface area contributed by atoms with Crippen molar-refractivity contribution in [2.45, 2.75) is 13.0 Å². The molecule has 2 N–H and O–H groups in total. The van der Waals surface area contributed by atoms with Crippen LogP contribution in [0.3, 0.4) is 0 Å². The Bertz CT molecular complexity index is 986. The molecule has 0 aliphatic carbocycles. The van der Waals surface area contributed by atoms with Gasteiger partial charge in [0.2, 0.25) is 0 Å². The van der Waals surface area contributed by atoms with E-state index in [0.29, 0.717) is 23.5 Å². The van der Waals surface area contributed by atoms with Crippen LogP contribution in [0.1, 0.15) is 18.5 Å². The minimum atomic E-state index is -0.408. The number of anilines is 1. The number of nitro groups is 1. The van der Waals surface area contributed by atoms with E-state index in [2.05, 4.69) is 16.0 Å². The van der Waals surface area contributed by atoms with Crippen molar-refractivity contribution in [2.75, 3.05) is 11.6 Å². The van der Waals surface area contributed by atoms with E-state index in [1.54, 1.807) is 12.1 Å². The second-order valence-electron chi connectivity index (χ2n) is 6.74. The molecule has 2 atom stereocenters. The van der Waals surface area contributed by atoms with Crippen molar-refractivity contribution in [3.8, 4) is 0 Å². The van der Waals surface area contributed by atoms with Gasteiger partial charge in [-0.1, -0.05) is 36.4 Å². The van der Waals surface area contributed by atoms with Gasteiger partial charge in [-0.2, -0.15) is 10.1 Å². The van der Waals surface area contributed by atoms with Crippen molar-refractivity contribution in [3.05, 3.63) is 81.9 Å². The third-order valence-electron chi connectivity index (χ3n) is 4.91. The van der Waals surface area contributed by atoms with E-state index in [4.69, 9.17) is 0 Å². The number of nitrogens with zero attached hydrogens (tertiary/aromatic N) is 3. The number of nitro benzene ring substituents is 1. The fraction of sp³-hybridized carbons (Fsp3) is 0.200. The quantitative estimate of drug-likeness (QED) is 0.485. The topological polar surface area (TPSA) is 99.9 Å². The van der Waals surface area contributed by atoms with Crippen LogP contribution in [0.5, 0.6) is 0 Å². The third-order valence-corrected chi connectivity index (χ3v) is 4.91. The molecule has 1 amide bonds. The van der Waals surface area contributed by atoms with Gasteiger partial charge in [-0.3, -0.25) is 20.3 Å². The largest absolute Gasteiger partial charge is 0.280 e. The molecule has 2 unspecified atom stereocenters. The van der Waals surface area contributed by atoms with Crippen LogP contribution in [0.15, 0.2) is 71.3 Å². The number of amides is 1. The summed E-state index contributed by atoms with van der Waals surface area (Å²) in [4.78, 5) is 23.6. The van der Waals surface area contributed by atoms with Crippen LogP contribution in [-0.4, -0.2) is 23.1 Å². The fourth-order valence-electron chi connectivity index (χ4n) is 3.50. The van der Waals surface area contributed by atoms with Crippen molar-refractivity contribution in [1.29, 1.82) is 0 Å². The first kappa shape index (κ1) is 18.0. The Morgan fingerprint density at radius 3 is 2.75 bits per heavy atom. The lowest BCUT2D eigenvalue weighted by Crippen LogP contribution is -2.25. The standard InChI is InChI=1S/C20H19N5O3/c1-13-18(20(26)24(23-13)16-7-3-2-4-8-16)11-15-12-21-22-19(15)14-6-5-9-17(10-14)25(27)28/h2-11,15,19,21-22H,12H2,1H3/b18-11-. The summed E-state index contributed by atoms with van der Waals surface area (Å²) in [6, 6.07) is 15.6. The fourth-order valence-corrected chi connectivity index (χ4v) is 3.50. The molecule has 0 saturated carbocycles. The average molecular weight is 377 g/mol. The second kappa shape index (κ2) is 7.34. The molecule has 1 saturated heterocycles. The second-order valence-corrected chi connectivity index (χ2v) is 6.74. The zero-order valence-electron chi connectivity index (χ0n) is 15.2. The summed E-state index contributed by atoms with van der Waals surface area (Å²) in [6.45, 7) is 2.41. The molecule has 1 fully saturated rings. The lowest BCUT2D eigenvalue weighted by Gasteiger charge is -2.16. The SMILES string of the molecule is CC1=NN(c2ccccc2)C(=O)/C1=C\C1CNNC1c1cccc([N+](=O)[O-])c1. The van der Waals surface area contributed by atoms with Gasteiger partial charge in [0.25, 0.3) is 11.6 Å². The van der Waals surface area contributed by atoms with Gasteiger partial charge in [0.15, 0.2) is 0 Å². The summed E-state index contributed by atoms with van der Waals surface area (Å²) in [5.74, 6) is -0.227. The van der Waals surface area contributed by atoms with E-state index >= 15 is 0 Å². The molecular weight excluding hydrogens is 358 g/mol. The summed E-state index contributed by atoms with van der Waals surface area (Å²) in [6.07, 6.45) is 1.90. The average Bonchev–Trinajstić information content (AvgIpc) is 3.29. The molecule has 28 heavy (non-hydrogen) atoms. The first-order valence-electron chi connectivity index (χ1n) is 8.94. The number of hydrogen-bond donors (Lipinski definition) is 2. The Kier molecular flexibility index (Phi) is 4.72. The number of hydrazone groups is 1. The van der Waals surface area contributed by atoms with Crippen molar-refractivity contribution >= 4 is 23.0 Å². The van der Waals surface area contributed by atoms with Gasteiger partial charge in [0.05, 0.1) is 27.9 Å². The number of hydrazine groups is 1. The molecule has 2 aromatic rings. The zero-order valence-corrected chi connectivity index (χ0v) is 15.2. The molecule has 2 aromatic carbocycles. The maximum absolute atomic E-state index is 12.9. The minimum absolute atomic E-state index is 0.0440. The Balaban J connectivity index is 1.61. The van der Waals surface area contributed by atoms with Crippen molar-refractivity contribution in [1.82, 2.24) is 10.9 Å². The highest BCUT2D eigenvalue weighted by molar-refractivity contribution is 6.29. The number of non-ortho nitro benzene ring substituents is 1. The molecule has 142 valence electrons. The maximum Gasteiger partial charge on any atom is 0.280 e. The van der Waals surface area contributed by atoms with Gasteiger partial charge < -0.3 is 0 Å². The maximum atomic E-state index is 12.9. The van der Waals surface area contributed by atoms with Crippen LogP contribution < -0.4 is 15.9 Å². The molecule has 8 heteroatoms. The van der Waals surface area contributed by atoms with E-state index < -0.39 is 4.92 Å². The van der Waals surface area contributed by atoms with Crippen LogP contribution in [0, 0.1) is 16.0 Å². The summed E-state index contributed by atoms with van der Waals surface area (Å²) < 4.78 is 0. The predicted molar refractivity (Wildman–Crippen MR) is 106 cm³/mol. The van der Waals surface area contributed by atoms with E-state index in [0.717, 1.165) is 5.56 Å². The highest BCUT2D eigenvalue weighted by Crippen LogP contribution is 2.31. The number of rotatable bonds is 4. The summed E-state index contributed by atoms with van der Waals surface area (Å²) >= 11 is 0. The highest BCUT2D eigenvalue weighted by Gasteiger charge is 2.33. The monoisotopic (exact) mass is 377 g/mol. The summed E-state index contributed by atoms with van der Waals surface area (Å²) in [5.41, 5.74) is 9.00. The molecule has 0 aromatic heterocycles. The van der Waals surface area contributed by atoms with Gasteiger partial charge in [0.1, 0.15) is 0 Å². The van der Waals surface area contributed by atoms with E-state index in [-0.39, 0.29) is 23.6 Å². The van der Waals surface area contributed by atoms with Crippen LogP contribution in [0.25, 0.3) is 0 Å². The Labute approximate surface area is 161 Å². The number of hydrogen-bond acceptors (Lipinski definition) is 6. The van der Waals surface area contributed by atoms with Crippen LogP contribution in [0.4, 0.5) is 11.4 Å². The zero-order chi connectivity index (χ0) is 19.7. The van der Waals surface area contributed by atoms with E-state index in [1.165, 1.54) is 11.1 Å². The molecule has 0 spiro atoms. The molecule has 4 rings (SSSR count). The van der Waals surface area contributed by atoms with Gasteiger partial charge in [-0.05, 0) is 24.6 Å². The van der Waals surface area contributed by atoms with Crippen molar-refractivity contribution in [2.24, 2.45) is 11.0 Å². The third kappa shape index (κ3) is 3.30. The molecule has 2 aliphatic heterocycles. The van der Waals surface area contributed by atoms with Crippen molar-refractivity contribution in [3.63, 3.8) is 0 Å². The predicted octanol–water partition coefficient (Wildman–Crippen LogP) is 2.71. The smallest absolute Gasteiger partial charge is 0.267 e. The van der Waals surface area contributed by atoms with Crippen LogP contribution >= 0.6 is 0 Å². The minimum Gasteiger partial charge on any atom is -0.267 e. The first-order chi connectivity index (χ1) is 13.5. The Morgan fingerprint density at radius 1 is 1.21 bits per heavy atom. The molecule has 8 nitrogen and oxygen atoms in total. The molecule has 0 radical (unpaired) electrons. The Morgan fingerprint density at radius 2 is 2.00 bits per heavy atom. The normalized spacial score (nSPS) is 23.3. The lowest BCUT2D eigenvalue weighted by molar-refractivity contribution is -0.384. The molecule has 2 aliphatic rings. The molecule has 2 heterocycles. The van der Waals surface area contributed by atoms with Gasteiger partial charge in [-0.15, -0.1) is 0 Å². The molecule has 0 bridgehead atoms. The van der Waals surface area contributed by atoms with Gasteiger partial charge in [-0.25, -0.2) is 5.43 Å². The number of nitrogens with one attached hydrogen (secondary N) is 2. The summed E-state index contributed by atoms with van der Waals surface area (Å²) in [7, 11) is 0. The number of carbonyl (C=O) groups is 1. The van der Waals surface area contributed by atoms with Gasteiger partial charge in [0, 0.05) is 24.6 Å². The van der Waals surface area contributed by atoms with Gasteiger partial charge >= 0.3 is 0 Å². The number of benzene rings is 2. The number of carbonyl (C=O) groups excluding carboxylic acids is 1. The van der Waals surface area contributed by atoms with Crippen LogP contribution in [0.2, 0.25) is 0 Å². The van der Waals surface area contributed by atoms with Crippen molar-refractivity contribution < 1.29 is 9.72 Å². The highest BCUT2D eigenvalue weighted by atomic mass is 16.6.